The van der Waals surface area contributed by atoms with Crippen LogP contribution in [0.15, 0.2) is 164 Å². The number of aromatic nitrogens is 3. The molecule has 0 atom stereocenters. The van der Waals surface area contributed by atoms with E-state index < -0.39 is 0 Å². The molecule has 9 aromatic rings. The van der Waals surface area contributed by atoms with Gasteiger partial charge in [-0.15, -0.1) is 0 Å². The molecule has 0 saturated carbocycles. The molecule has 0 bridgehead atoms. The number of benzene rings is 6. The average Bonchev–Trinajstić information content (AvgIpc) is 3.50. The summed E-state index contributed by atoms with van der Waals surface area (Å²) in [4.78, 5) is 14.9. The van der Waals surface area contributed by atoms with Crippen molar-refractivity contribution in [3.8, 4) is 67.2 Å². The van der Waals surface area contributed by atoms with E-state index in [1.54, 1.807) is 0 Å². The van der Waals surface area contributed by atoms with Gasteiger partial charge in [0.2, 0.25) is 0 Å². The van der Waals surface area contributed by atoms with E-state index in [-0.39, 0.29) is 0 Å². The maximum Gasteiger partial charge on any atom is 0.0972 e. The maximum atomic E-state index is 5.25. The van der Waals surface area contributed by atoms with Crippen LogP contribution in [0.5, 0.6) is 0 Å². The molecule has 3 heterocycles. The van der Waals surface area contributed by atoms with E-state index in [2.05, 4.69) is 145 Å². The van der Waals surface area contributed by atoms with Gasteiger partial charge in [-0.25, -0.2) is 9.97 Å². The number of hydrogen-bond donors (Lipinski definition) is 0. The zero-order chi connectivity index (χ0) is 31.6. The Morgan fingerprint density at radius 3 is 1.60 bits per heavy atom. The Balaban J connectivity index is 1.06. The molecule has 222 valence electrons. The molecular weight excluding hydrogens is 583 g/mol. The second kappa shape index (κ2) is 10.5. The van der Waals surface area contributed by atoms with Crippen LogP contribution in [-0.4, -0.2) is 15.0 Å². The third kappa shape index (κ3) is 4.18. The van der Waals surface area contributed by atoms with Gasteiger partial charge in [0.05, 0.1) is 28.1 Å². The van der Waals surface area contributed by atoms with Crippen LogP contribution in [0.2, 0.25) is 0 Å². The Kier molecular flexibility index (Phi) is 5.87. The van der Waals surface area contributed by atoms with Crippen molar-refractivity contribution < 1.29 is 0 Å². The second-order valence-corrected chi connectivity index (χ2v) is 12.4. The third-order valence-electron chi connectivity index (χ3n) is 9.68. The molecule has 3 aromatic heterocycles. The highest BCUT2D eigenvalue weighted by atomic mass is 14.8. The molecular formula is C45H27N3. The first-order valence-corrected chi connectivity index (χ1v) is 16.3. The Morgan fingerprint density at radius 2 is 0.896 bits per heavy atom. The van der Waals surface area contributed by atoms with E-state index in [9.17, 15) is 0 Å². The summed E-state index contributed by atoms with van der Waals surface area (Å²) in [6.45, 7) is 0. The van der Waals surface area contributed by atoms with Gasteiger partial charge in [0.25, 0.3) is 0 Å². The van der Waals surface area contributed by atoms with E-state index >= 15 is 0 Å². The van der Waals surface area contributed by atoms with Crippen molar-refractivity contribution in [1.82, 2.24) is 15.0 Å². The molecule has 0 N–H and O–H groups in total. The molecule has 1 aliphatic rings. The minimum atomic E-state index is 0.906. The van der Waals surface area contributed by atoms with Gasteiger partial charge in [0.1, 0.15) is 0 Å². The largest absolute Gasteiger partial charge is 0.256 e. The fourth-order valence-corrected chi connectivity index (χ4v) is 7.34. The van der Waals surface area contributed by atoms with E-state index in [4.69, 9.17) is 9.97 Å². The lowest BCUT2D eigenvalue weighted by atomic mass is 9.93. The predicted octanol–water partition coefficient (Wildman–Crippen LogP) is 11.6. The van der Waals surface area contributed by atoms with Crippen LogP contribution in [0.25, 0.3) is 99.7 Å². The van der Waals surface area contributed by atoms with Crippen molar-refractivity contribution in [2.75, 3.05) is 0 Å². The summed E-state index contributed by atoms with van der Waals surface area (Å²) < 4.78 is 0. The molecule has 0 saturated heterocycles. The first-order valence-electron chi connectivity index (χ1n) is 16.3. The highest BCUT2D eigenvalue weighted by Gasteiger charge is 2.22. The zero-order valence-electron chi connectivity index (χ0n) is 25.9. The van der Waals surface area contributed by atoms with Crippen LogP contribution in [0, 0.1) is 0 Å². The smallest absolute Gasteiger partial charge is 0.0972 e. The summed E-state index contributed by atoms with van der Waals surface area (Å²) in [6.07, 6.45) is 1.82. The fourth-order valence-electron chi connectivity index (χ4n) is 7.34. The van der Waals surface area contributed by atoms with Crippen LogP contribution in [0.1, 0.15) is 0 Å². The topological polar surface area (TPSA) is 38.7 Å². The summed E-state index contributed by atoms with van der Waals surface area (Å²) in [7, 11) is 0. The molecule has 6 aromatic carbocycles. The van der Waals surface area contributed by atoms with Gasteiger partial charge in [-0.1, -0.05) is 127 Å². The highest BCUT2D eigenvalue weighted by molar-refractivity contribution is 6.18. The lowest BCUT2D eigenvalue weighted by Crippen LogP contribution is -1.91. The van der Waals surface area contributed by atoms with E-state index in [1.807, 2.05) is 24.4 Å². The number of fused-ring (bicyclic) bond motifs is 6. The van der Waals surface area contributed by atoms with Gasteiger partial charge in [-0.3, -0.25) is 4.98 Å². The van der Waals surface area contributed by atoms with Gasteiger partial charge in [0, 0.05) is 33.7 Å². The number of hydrogen-bond acceptors (Lipinski definition) is 3. The van der Waals surface area contributed by atoms with Crippen molar-refractivity contribution >= 4 is 32.6 Å². The molecule has 0 amide bonds. The zero-order valence-corrected chi connectivity index (χ0v) is 25.9. The summed E-state index contributed by atoms with van der Waals surface area (Å²) in [5.41, 5.74) is 15.5. The first kappa shape index (κ1) is 26.7. The Bertz CT molecular complexity index is 2680. The maximum absolute atomic E-state index is 5.25. The van der Waals surface area contributed by atoms with Gasteiger partial charge in [0.15, 0.2) is 0 Å². The average molecular weight is 610 g/mol. The second-order valence-electron chi connectivity index (χ2n) is 12.4. The highest BCUT2D eigenvalue weighted by Crippen LogP contribution is 2.49. The number of nitrogens with zero attached hydrogens (tertiary/aromatic N) is 3. The molecule has 0 radical (unpaired) electrons. The van der Waals surface area contributed by atoms with Gasteiger partial charge < -0.3 is 0 Å². The van der Waals surface area contributed by atoms with E-state index in [0.717, 1.165) is 55.6 Å². The van der Waals surface area contributed by atoms with E-state index in [1.165, 1.54) is 44.2 Å². The van der Waals surface area contributed by atoms with Crippen molar-refractivity contribution in [2.24, 2.45) is 0 Å². The Labute approximate surface area is 277 Å². The normalized spacial score (nSPS) is 11.8. The summed E-state index contributed by atoms with van der Waals surface area (Å²) in [5, 5.41) is 4.76. The van der Waals surface area contributed by atoms with Gasteiger partial charge in [-0.05, 0) is 74.5 Å². The standard InChI is InChI=1S/C45H27N3/c1-2-10-36-35(9-1)38-12-6-11-37-34(22-23-39(36)43(37)38)32-7-5-8-33(27-32)42-25-21-31-19-18-30-20-24-41(47-44(30)45(31)48-42)29-16-14-28(15-17-29)40-13-3-4-26-46-40/h1-27H. The lowest BCUT2D eigenvalue weighted by Gasteiger charge is -2.12. The van der Waals surface area contributed by atoms with Crippen LogP contribution >= 0.6 is 0 Å². The van der Waals surface area contributed by atoms with Gasteiger partial charge >= 0.3 is 0 Å². The SMILES string of the molecule is c1ccc(-c2ccc(-c3ccc4ccc5ccc(-c6cccc(-c7ccc8c9c(cccc79)-c7ccccc7-8)c6)nc5c4n3)cc2)nc1. The predicted molar refractivity (Wildman–Crippen MR) is 199 cm³/mol. The van der Waals surface area contributed by atoms with Crippen molar-refractivity contribution in [1.29, 1.82) is 0 Å². The Morgan fingerprint density at radius 1 is 0.333 bits per heavy atom. The van der Waals surface area contributed by atoms with Gasteiger partial charge in [-0.2, -0.15) is 0 Å². The molecule has 0 unspecified atom stereocenters. The van der Waals surface area contributed by atoms with Crippen LogP contribution in [0.4, 0.5) is 0 Å². The molecule has 0 aliphatic heterocycles. The quantitative estimate of drug-likeness (QED) is 0.186. The van der Waals surface area contributed by atoms with Crippen molar-refractivity contribution in [2.45, 2.75) is 0 Å². The Hall–Kier alpha value is -6.45. The molecule has 3 heteroatoms. The van der Waals surface area contributed by atoms with Crippen LogP contribution < -0.4 is 0 Å². The van der Waals surface area contributed by atoms with Crippen molar-refractivity contribution in [3.63, 3.8) is 0 Å². The minimum absolute atomic E-state index is 0.906. The fraction of sp³-hybridized carbons (Fsp3) is 0. The molecule has 48 heavy (non-hydrogen) atoms. The summed E-state index contributed by atoms with van der Waals surface area (Å²) in [6, 6.07) is 56.0. The molecule has 3 nitrogen and oxygen atoms in total. The number of rotatable bonds is 4. The van der Waals surface area contributed by atoms with Crippen LogP contribution in [0.3, 0.4) is 0 Å². The summed E-state index contributed by atoms with van der Waals surface area (Å²) >= 11 is 0. The van der Waals surface area contributed by atoms with Crippen LogP contribution in [-0.2, 0) is 0 Å². The third-order valence-corrected chi connectivity index (χ3v) is 9.68. The van der Waals surface area contributed by atoms with Crippen molar-refractivity contribution in [3.05, 3.63) is 164 Å². The molecule has 10 rings (SSSR count). The minimum Gasteiger partial charge on any atom is -0.256 e. The monoisotopic (exact) mass is 609 g/mol. The molecule has 0 fully saturated rings. The van der Waals surface area contributed by atoms with E-state index in [0.29, 0.717) is 0 Å². The summed E-state index contributed by atoms with van der Waals surface area (Å²) in [5.74, 6) is 0. The number of pyridine rings is 3. The molecule has 0 spiro atoms. The molecule has 1 aliphatic carbocycles. The lowest BCUT2D eigenvalue weighted by molar-refractivity contribution is 1.32. The first-order chi connectivity index (χ1) is 23.8.